The van der Waals surface area contributed by atoms with Crippen LogP contribution in [0.15, 0.2) is 41.9 Å². The van der Waals surface area contributed by atoms with Crippen LogP contribution in [0.4, 0.5) is 0 Å². The Kier molecular flexibility index (Phi) is 4.08. The van der Waals surface area contributed by atoms with E-state index in [0.717, 1.165) is 42.5 Å². The van der Waals surface area contributed by atoms with Crippen molar-refractivity contribution in [1.29, 1.82) is 0 Å². The summed E-state index contributed by atoms with van der Waals surface area (Å²) in [7, 11) is 0. The molecule has 0 N–H and O–H groups in total. The number of aromatic nitrogens is 2. The summed E-state index contributed by atoms with van der Waals surface area (Å²) in [6, 6.07) is 10.5. The summed E-state index contributed by atoms with van der Waals surface area (Å²) in [5, 5.41) is 4.38. The van der Waals surface area contributed by atoms with Gasteiger partial charge in [-0.15, -0.1) is 11.3 Å². The number of pyridine rings is 1. The van der Waals surface area contributed by atoms with E-state index in [-0.39, 0.29) is 6.10 Å². The number of para-hydroxylation sites is 1. The molecule has 1 aliphatic rings. The highest BCUT2D eigenvalue weighted by Crippen LogP contribution is 2.27. The van der Waals surface area contributed by atoms with Crippen LogP contribution in [0.5, 0.6) is 0 Å². The molecule has 4 nitrogen and oxygen atoms in total. The summed E-state index contributed by atoms with van der Waals surface area (Å²) < 4.78 is 5.92. The van der Waals surface area contributed by atoms with Crippen molar-refractivity contribution in [2.75, 3.05) is 19.7 Å². The van der Waals surface area contributed by atoms with E-state index in [1.54, 1.807) is 11.3 Å². The zero-order valence-electron chi connectivity index (χ0n) is 13.1. The SMILES string of the molecule is Cc1csc([C@@H]2CN(Cc3cccc4cccnc34)CCO2)n1. The third-order valence-electron chi connectivity index (χ3n) is 4.17. The normalized spacial score (nSPS) is 19.3. The first-order valence-corrected chi connectivity index (χ1v) is 8.76. The van der Waals surface area contributed by atoms with Gasteiger partial charge in [0.25, 0.3) is 0 Å². The van der Waals surface area contributed by atoms with E-state index < -0.39 is 0 Å². The highest BCUT2D eigenvalue weighted by atomic mass is 32.1. The largest absolute Gasteiger partial charge is 0.368 e. The number of morpholine rings is 1. The molecule has 0 amide bonds. The number of fused-ring (bicyclic) bond motifs is 1. The lowest BCUT2D eigenvalue weighted by Crippen LogP contribution is -2.37. The molecule has 23 heavy (non-hydrogen) atoms. The summed E-state index contributed by atoms with van der Waals surface area (Å²) in [6.07, 6.45) is 1.96. The smallest absolute Gasteiger partial charge is 0.123 e. The molecule has 0 radical (unpaired) electrons. The predicted molar refractivity (Wildman–Crippen MR) is 92.6 cm³/mol. The predicted octanol–water partition coefficient (Wildman–Crippen LogP) is 3.57. The average Bonchev–Trinajstić information content (AvgIpc) is 3.02. The van der Waals surface area contributed by atoms with E-state index in [1.165, 1.54) is 10.9 Å². The van der Waals surface area contributed by atoms with Gasteiger partial charge in [-0.3, -0.25) is 9.88 Å². The zero-order valence-corrected chi connectivity index (χ0v) is 13.9. The van der Waals surface area contributed by atoms with Gasteiger partial charge in [0.2, 0.25) is 0 Å². The standard InChI is InChI=1S/C18H19N3OS/c1-13-12-23-18(20-13)16-11-21(8-9-22-16)10-15-5-2-4-14-6-3-7-19-17(14)15/h2-7,12,16H,8-11H2,1H3/t16-/m0/s1. The van der Waals surface area contributed by atoms with Crippen molar-refractivity contribution in [2.45, 2.75) is 19.6 Å². The Morgan fingerprint density at radius 3 is 3.09 bits per heavy atom. The van der Waals surface area contributed by atoms with Gasteiger partial charge in [-0.05, 0) is 18.6 Å². The molecule has 1 saturated heterocycles. The molecule has 3 aromatic rings. The monoisotopic (exact) mass is 325 g/mol. The van der Waals surface area contributed by atoms with Crippen molar-refractivity contribution >= 4 is 22.2 Å². The zero-order chi connectivity index (χ0) is 15.6. The maximum Gasteiger partial charge on any atom is 0.123 e. The molecule has 0 unspecified atom stereocenters. The molecular weight excluding hydrogens is 306 g/mol. The molecule has 0 bridgehead atoms. The van der Waals surface area contributed by atoms with Gasteiger partial charge in [0.1, 0.15) is 11.1 Å². The van der Waals surface area contributed by atoms with Gasteiger partial charge in [0.15, 0.2) is 0 Å². The Morgan fingerprint density at radius 2 is 2.22 bits per heavy atom. The second-order valence-electron chi connectivity index (χ2n) is 5.91. The van der Waals surface area contributed by atoms with Crippen LogP contribution in [0.1, 0.15) is 22.4 Å². The number of benzene rings is 1. The van der Waals surface area contributed by atoms with E-state index in [4.69, 9.17) is 4.74 Å². The van der Waals surface area contributed by atoms with E-state index in [0.29, 0.717) is 0 Å². The molecule has 0 aliphatic carbocycles. The minimum atomic E-state index is 0.0883. The quantitative estimate of drug-likeness (QED) is 0.738. The number of aryl methyl sites for hydroxylation is 1. The topological polar surface area (TPSA) is 38.2 Å². The molecule has 118 valence electrons. The average molecular weight is 325 g/mol. The Labute approximate surface area is 139 Å². The molecule has 0 spiro atoms. The lowest BCUT2D eigenvalue weighted by Gasteiger charge is -2.32. The molecule has 3 heterocycles. The van der Waals surface area contributed by atoms with Crippen LogP contribution in [0.25, 0.3) is 10.9 Å². The fourth-order valence-corrected chi connectivity index (χ4v) is 3.89. The molecular formula is C18H19N3OS. The minimum absolute atomic E-state index is 0.0883. The second-order valence-corrected chi connectivity index (χ2v) is 6.80. The van der Waals surface area contributed by atoms with Crippen molar-refractivity contribution in [3.8, 4) is 0 Å². The fraction of sp³-hybridized carbons (Fsp3) is 0.333. The molecule has 2 aromatic heterocycles. The van der Waals surface area contributed by atoms with Crippen molar-refractivity contribution in [1.82, 2.24) is 14.9 Å². The summed E-state index contributed by atoms with van der Waals surface area (Å²) in [6.45, 7) is 5.52. The van der Waals surface area contributed by atoms with Crippen LogP contribution in [0.2, 0.25) is 0 Å². The molecule has 0 saturated carbocycles. The number of hydrogen-bond donors (Lipinski definition) is 0. The molecule has 1 aromatic carbocycles. The first-order chi connectivity index (χ1) is 11.3. The Bertz CT molecular complexity index is 811. The van der Waals surface area contributed by atoms with Crippen LogP contribution in [0.3, 0.4) is 0 Å². The van der Waals surface area contributed by atoms with E-state index in [2.05, 4.69) is 44.5 Å². The highest BCUT2D eigenvalue weighted by molar-refractivity contribution is 7.09. The minimum Gasteiger partial charge on any atom is -0.368 e. The number of nitrogens with zero attached hydrogens (tertiary/aromatic N) is 3. The van der Waals surface area contributed by atoms with Crippen LogP contribution in [-0.4, -0.2) is 34.6 Å². The molecule has 4 rings (SSSR count). The van der Waals surface area contributed by atoms with Crippen LogP contribution in [0, 0.1) is 6.92 Å². The highest BCUT2D eigenvalue weighted by Gasteiger charge is 2.24. The number of thiazole rings is 1. The van der Waals surface area contributed by atoms with Crippen LogP contribution < -0.4 is 0 Å². The van der Waals surface area contributed by atoms with Gasteiger partial charge in [-0.2, -0.15) is 0 Å². The Balaban J connectivity index is 1.54. The Morgan fingerprint density at radius 1 is 1.30 bits per heavy atom. The third-order valence-corrected chi connectivity index (χ3v) is 5.23. The van der Waals surface area contributed by atoms with Crippen molar-refractivity contribution in [2.24, 2.45) is 0 Å². The molecule has 1 atom stereocenters. The van der Waals surface area contributed by atoms with Gasteiger partial charge >= 0.3 is 0 Å². The van der Waals surface area contributed by atoms with Gasteiger partial charge in [0.05, 0.1) is 12.1 Å². The maximum atomic E-state index is 5.92. The summed E-state index contributed by atoms with van der Waals surface area (Å²) >= 11 is 1.69. The van der Waals surface area contributed by atoms with E-state index in [9.17, 15) is 0 Å². The van der Waals surface area contributed by atoms with Crippen molar-refractivity contribution in [3.05, 3.63) is 58.2 Å². The van der Waals surface area contributed by atoms with E-state index >= 15 is 0 Å². The maximum absolute atomic E-state index is 5.92. The van der Waals surface area contributed by atoms with Crippen molar-refractivity contribution < 1.29 is 4.74 Å². The van der Waals surface area contributed by atoms with E-state index in [1.807, 2.05) is 19.2 Å². The molecule has 1 aliphatic heterocycles. The van der Waals surface area contributed by atoms with Gasteiger partial charge in [0, 0.05) is 42.3 Å². The van der Waals surface area contributed by atoms with Crippen molar-refractivity contribution in [3.63, 3.8) is 0 Å². The number of hydrogen-bond acceptors (Lipinski definition) is 5. The fourth-order valence-electron chi connectivity index (χ4n) is 3.05. The lowest BCUT2D eigenvalue weighted by molar-refractivity contribution is -0.0329. The first-order valence-electron chi connectivity index (χ1n) is 7.88. The number of rotatable bonds is 3. The summed E-state index contributed by atoms with van der Waals surface area (Å²) in [5.74, 6) is 0. The second kappa shape index (κ2) is 6.35. The molecule has 1 fully saturated rings. The number of ether oxygens (including phenoxy) is 1. The van der Waals surface area contributed by atoms with Gasteiger partial charge < -0.3 is 4.74 Å². The van der Waals surface area contributed by atoms with Gasteiger partial charge in [-0.1, -0.05) is 24.3 Å². The third kappa shape index (κ3) is 3.13. The summed E-state index contributed by atoms with van der Waals surface area (Å²) in [4.78, 5) is 11.6. The first kappa shape index (κ1) is 14.8. The molecule has 5 heteroatoms. The van der Waals surface area contributed by atoms with Crippen LogP contribution >= 0.6 is 11.3 Å². The summed E-state index contributed by atoms with van der Waals surface area (Å²) in [5.41, 5.74) is 3.45. The Hall–Kier alpha value is -1.82. The van der Waals surface area contributed by atoms with Crippen LogP contribution in [-0.2, 0) is 11.3 Å². The van der Waals surface area contributed by atoms with Gasteiger partial charge in [-0.25, -0.2) is 4.98 Å². The lowest BCUT2D eigenvalue weighted by atomic mass is 10.1.